The van der Waals surface area contributed by atoms with Crippen molar-refractivity contribution in [2.75, 3.05) is 31.1 Å². The highest BCUT2D eigenvalue weighted by molar-refractivity contribution is 7.89. The van der Waals surface area contributed by atoms with E-state index in [1.807, 2.05) is 18.2 Å². The monoisotopic (exact) mass is 469 g/mol. The molecular formula is C24H27N3O5S. The fourth-order valence-electron chi connectivity index (χ4n) is 3.93. The average molecular weight is 470 g/mol. The molecule has 8 nitrogen and oxygen atoms in total. The lowest BCUT2D eigenvalue weighted by atomic mass is 10.1. The fourth-order valence-corrected chi connectivity index (χ4v) is 5.40. The summed E-state index contributed by atoms with van der Waals surface area (Å²) in [5, 5.41) is 0.743. The maximum Gasteiger partial charge on any atom is 0.349 e. The normalized spacial score (nSPS) is 12.2. The van der Waals surface area contributed by atoms with E-state index in [1.165, 1.54) is 16.4 Å². The van der Waals surface area contributed by atoms with E-state index >= 15 is 0 Å². The molecule has 0 fully saturated rings. The van der Waals surface area contributed by atoms with E-state index in [0.29, 0.717) is 24.2 Å². The predicted molar refractivity (Wildman–Crippen MR) is 129 cm³/mol. The molecule has 174 valence electrons. The van der Waals surface area contributed by atoms with Crippen LogP contribution in [0.3, 0.4) is 0 Å². The molecule has 4 aromatic rings. The Morgan fingerprint density at radius 2 is 1.58 bits per heavy atom. The number of hydrogen-bond donors (Lipinski definition) is 0. The first-order valence-corrected chi connectivity index (χ1v) is 12.5. The van der Waals surface area contributed by atoms with Crippen molar-refractivity contribution < 1.29 is 17.3 Å². The maximum absolute atomic E-state index is 12.8. The summed E-state index contributed by atoms with van der Waals surface area (Å²) in [6.07, 6.45) is 0. The summed E-state index contributed by atoms with van der Waals surface area (Å²) in [6.45, 7) is 10.1. The second-order valence-corrected chi connectivity index (χ2v) is 9.52. The molecule has 33 heavy (non-hydrogen) atoms. The second-order valence-electron chi connectivity index (χ2n) is 7.58. The number of benzene rings is 2. The number of nitrogens with zero attached hydrogens (tertiary/aromatic N) is 3. The standard InChI is InChI=1S/C24H27N3O5S/c1-5-26(6-2)17-10-9-16-13-19(24(28)32-21(16)14-17)23-25-20-12-11-18(15-22(20)31-23)33(29,30)27(7-3)8-4/h9-15H,5-8H2,1-4H3. The van der Waals surface area contributed by atoms with E-state index in [9.17, 15) is 13.2 Å². The second kappa shape index (κ2) is 8.99. The molecule has 0 bridgehead atoms. The fraction of sp³-hybridized carbons (Fsp3) is 0.333. The molecule has 0 atom stereocenters. The van der Waals surface area contributed by atoms with E-state index in [2.05, 4.69) is 23.7 Å². The van der Waals surface area contributed by atoms with Crippen LogP contribution in [0.1, 0.15) is 27.7 Å². The highest BCUT2D eigenvalue weighted by Crippen LogP contribution is 2.28. The lowest BCUT2D eigenvalue weighted by Crippen LogP contribution is -2.30. The molecule has 9 heteroatoms. The molecule has 2 aromatic heterocycles. The SMILES string of the molecule is CCN(CC)c1ccc2cc(-c3nc4ccc(S(=O)(=O)N(CC)CC)cc4o3)c(=O)oc2c1. The molecule has 0 aliphatic carbocycles. The van der Waals surface area contributed by atoms with E-state index in [-0.39, 0.29) is 21.9 Å². The molecule has 0 N–H and O–H groups in total. The van der Waals surface area contributed by atoms with E-state index in [4.69, 9.17) is 8.83 Å². The minimum atomic E-state index is -3.64. The summed E-state index contributed by atoms with van der Waals surface area (Å²) in [5.41, 5.74) is 1.82. The Kier molecular flexibility index (Phi) is 6.27. The number of oxazole rings is 1. The van der Waals surface area contributed by atoms with Gasteiger partial charge in [-0.25, -0.2) is 18.2 Å². The van der Waals surface area contributed by atoms with Gasteiger partial charge in [0.25, 0.3) is 0 Å². The van der Waals surface area contributed by atoms with Gasteiger partial charge in [0.05, 0.1) is 4.90 Å². The van der Waals surface area contributed by atoms with Crippen LogP contribution in [0.4, 0.5) is 5.69 Å². The van der Waals surface area contributed by atoms with Crippen LogP contribution in [0.15, 0.2) is 61.0 Å². The van der Waals surface area contributed by atoms with Gasteiger partial charge in [0.15, 0.2) is 5.58 Å². The maximum atomic E-state index is 12.8. The molecule has 4 rings (SSSR count). The first kappa shape index (κ1) is 23.0. The molecule has 2 aromatic carbocycles. The van der Waals surface area contributed by atoms with Crippen LogP contribution >= 0.6 is 0 Å². The van der Waals surface area contributed by atoms with Gasteiger partial charge in [-0.2, -0.15) is 4.31 Å². The Labute approximate surface area is 192 Å². The summed E-state index contributed by atoms with van der Waals surface area (Å²) >= 11 is 0. The quantitative estimate of drug-likeness (QED) is 0.351. The smallest absolute Gasteiger partial charge is 0.349 e. The van der Waals surface area contributed by atoms with Crippen molar-refractivity contribution in [2.45, 2.75) is 32.6 Å². The Morgan fingerprint density at radius 3 is 2.24 bits per heavy atom. The van der Waals surface area contributed by atoms with Gasteiger partial charge in [0.1, 0.15) is 16.7 Å². The minimum Gasteiger partial charge on any atom is -0.436 e. The van der Waals surface area contributed by atoms with Gasteiger partial charge in [-0.15, -0.1) is 0 Å². The zero-order chi connectivity index (χ0) is 23.8. The van der Waals surface area contributed by atoms with Gasteiger partial charge in [0.2, 0.25) is 15.9 Å². The Bertz CT molecular complexity index is 1460. The van der Waals surface area contributed by atoms with Crippen molar-refractivity contribution >= 4 is 37.8 Å². The highest BCUT2D eigenvalue weighted by Gasteiger charge is 2.23. The summed E-state index contributed by atoms with van der Waals surface area (Å²) in [6, 6.07) is 11.9. The lowest BCUT2D eigenvalue weighted by Gasteiger charge is -2.20. The number of sulfonamides is 1. The third-order valence-corrected chi connectivity index (χ3v) is 7.83. The Hall–Kier alpha value is -3.17. The zero-order valence-corrected chi connectivity index (χ0v) is 20.0. The molecule has 0 aliphatic rings. The van der Waals surface area contributed by atoms with Gasteiger partial charge < -0.3 is 13.7 Å². The lowest BCUT2D eigenvalue weighted by molar-refractivity contribution is 0.445. The van der Waals surface area contributed by atoms with Crippen LogP contribution in [0.25, 0.3) is 33.5 Å². The van der Waals surface area contributed by atoms with E-state index in [0.717, 1.165) is 24.2 Å². The van der Waals surface area contributed by atoms with Gasteiger partial charge in [0, 0.05) is 49.4 Å². The molecule has 2 heterocycles. The number of anilines is 1. The van der Waals surface area contributed by atoms with Crippen LogP contribution in [0.2, 0.25) is 0 Å². The summed E-state index contributed by atoms with van der Waals surface area (Å²) in [4.78, 5) is 19.4. The molecule has 0 amide bonds. The number of hydrogen-bond acceptors (Lipinski definition) is 7. The molecule has 0 saturated carbocycles. The number of rotatable bonds is 8. The van der Waals surface area contributed by atoms with Crippen LogP contribution in [0.5, 0.6) is 0 Å². The van der Waals surface area contributed by atoms with E-state index in [1.54, 1.807) is 26.0 Å². The van der Waals surface area contributed by atoms with Crippen LogP contribution < -0.4 is 10.5 Å². The van der Waals surface area contributed by atoms with Crippen molar-refractivity contribution in [3.05, 3.63) is 52.9 Å². The largest absolute Gasteiger partial charge is 0.436 e. The molecule has 0 unspecified atom stereocenters. The predicted octanol–water partition coefficient (Wildman–Crippen LogP) is 4.48. The first-order valence-electron chi connectivity index (χ1n) is 11.1. The van der Waals surface area contributed by atoms with Gasteiger partial charge in [-0.05, 0) is 44.2 Å². The highest BCUT2D eigenvalue weighted by atomic mass is 32.2. The number of fused-ring (bicyclic) bond motifs is 2. The van der Waals surface area contributed by atoms with Gasteiger partial charge >= 0.3 is 5.63 Å². The van der Waals surface area contributed by atoms with Gasteiger partial charge in [-0.1, -0.05) is 13.8 Å². The van der Waals surface area contributed by atoms with Crippen molar-refractivity contribution in [1.82, 2.24) is 9.29 Å². The molecule has 0 spiro atoms. The minimum absolute atomic E-state index is 0.0888. The summed E-state index contributed by atoms with van der Waals surface area (Å²) in [7, 11) is -3.64. The molecular weight excluding hydrogens is 442 g/mol. The summed E-state index contributed by atoms with van der Waals surface area (Å²) in [5.74, 6) is 0.0888. The Balaban J connectivity index is 1.77. The average Bonchev–Trinajstić information content (AvgIpc) is 3.23. The molecule has 0 aliphatic heterocycles. The molecule has 0 saturated heterocycles. The van der Waals surface area contributed by atoms with Crippen molar-refractivity contribution in [3.8, 4) is 11.5 Å². The van der Waals surface area contributed by atoms with Gasteiger partial charge in [-0.3, -0.25) is 0 Å². The van der Waals surface area contributed by atoms with Crippen molar-refractivity contribution in [2.24, 2.45) is 0 Å². The third kappa shape index (κ3) is 4.14. The van der Waals surface area contributed by atoms with Crippen LogP contribution in [-0.2, 0) is 10.0 Å². The zero-order valence-electron chi connectivity index (χ0n) is 19.2. The Morgan fingerprint density at radius 1 is 0.848 bits per heavy atom. The molecule has 0 radical (unpaired) electrons. The number of aromatic nitrogens is 1. The first-order chi connectivity index (χ1) is 15.8. The van der Waals surface area contributed by atoms with Crippen molar-refractivity contribution in [1.29, 1.82) is 0 Å². The van der Waals surface area contributed by atoms with Crippen LogP contribution in [-0.4, -0.2) is 43.9 Å². The van der Waals surface area contributed by atoms with E-state index < -0.39 is 15.6 Å². The van der Waals surface area contributed by atoms with Crippen LogP contribution in [0, 0.1) is 0 Å². The topological polar surface area (TPSA) is 96.9 Å². The van der Waals surface area contributed by atoms with Crippen molar-refractivity contribution in [3.63, 3.8) is 0 Å². The summed E-state index contributed by atoms with van der Waals surface area (Å²) < 4.78 is 38.4. The third-order valence-electron chi connectivity index (χ3n) is 5.78.